The van der Waals surface area contributed by atoms with Crippen molar-refractivity contribution >= 4 is 28.4 Å². The molecular weight excluding hydrogens is 473 g/mol. The van der Waals surface area contributed by atoms with Crippen molar-refractivity contribution in [3.8, 4) is 11.1 Å². The van der Waals surface area contributed by atoms with E-state index in [1.54, 1.807) is 25.4 Å². The van der Waals surface area contributed by atoms with Crippen molar-refractivity contribution in [3.05, 3.63) is 42.1 Å². The van der Waals surface area contributed by atoms with Crippen LogP contribution in [0.25, 0.3) is 22.0 Å². The van der Waals surface area contributed by atoms with Gasteiger partial charge in [0.15, 0.2) is 11.6 Å². The number of nitrogens with zero attached hydrogens (tertiary/aromatic N) is 5. The van der Waals surface area contributed by atoms with E-state index in [9.17, 15) is 18.8 Å². The summed E-state index contributed by atoms with van der Waals surface area (Å²) in [5.74, 6) is -0.0586. The molecule has 0 N–H and O–H groups in total. The van der Waals surface area contributed by atoms with Gasteiger partial charge in [0.25, 0.3) is 0 Å². The summed E-state index contributed by atoms with van der Waals surface area (Å²) in [4.78, 5) is 48.4. The van der Waals surface area contributed by atoms with Crippen LogP contribution in [0.1, 0.15) is 69.7 Å². The van der Waals surface area contributed by atoms with Crippen LogP contribution in [0.2, 0.25) is 0 Å². The van der Waals surface area contributed by atoms with Crippen LogP contribution in [0, 0.1) is 12.3 Å². The van der Waals surface area contributed by atoms with E-state index in [0.29, 0.717) is 29.6 Å². The molecule has 3 heterocycles. The molecular formula is C28H34FN5O3. The number of aromatic nitrogens is 4. The Kier molecular flexibility index (Phi) is 7.52. The molecule has 196 valence electrons. The molecule has 0 bridgehead atoms. The molecule has 0 spiro atoms. The Hall–Kier alpha value is -3.49. The zero-order valence-corrected chi connectivity index (χ0v) is 22.1. The first-order valence-corrected chi connectivity index (χ1v) is 12.7. The van der Waals surface area contributed by atoms with Crippen molar-refractivity contribution in [1.82, 2.24) is 24.6 Å². The van der Waals surface area contributed by atoms with Gasteiger partial charge in [-0.05, 0) is 42.9 Å². The number of halogens is 1. The van der Waals surface area contributed by atoms with E-state index in [1.807, 2.05) is 12.1 Å². The molecule has 0 saturated carbocycles. The summed E-state index contributed by atoms with van der Waals surface area (Å²) in [6.07, 6.45) is 4.13. The largest absolute Gasteiger partial charge is 0.328 e. The number of hydrogen-bond acceptors (Lipinski definition) is 6. The molecule has 1 aliphatic heterocycles. The molecule has 0 unspecified atom stereocenters. The van der Waals surface area contributed by atoms with E-state index in [4.69, 9.17) is 0 Å². The SMILES string of the molecule is CC(=O)c1nn(CC(=O)N2C[C@H](F)C[C@H]2C(=O)CCCC(C)(C)C)c2ccc(-c3cnc(C)nc3)cc12. The molecule has 1 amide bonds. The second kappa shape index (κ2) is 10.5. The number of Topliss-reactive ketones (excluding diaryl/α,β-unsaturated/α-hetero) is 2. The highest BCUT2D eigenvalue weighted by Crippen LogP contribution is 2.29. The monoisotopic (exact) mass is 507 g/mol. The van der Waals surface area contributed by atoms with Gasteiger partial charge in [0, 0.05) is 43.1 Å². The molecule has 0 aliphatic carbocycles. The van der Waals surface area contributed by atoms with Crippen molar-refractivity contribution in [2.45, 2.75) is 79.1 Å². The third-order valence-electron chi connectivity index (χ3n) is 6.78. The maximum absolute atomic E-state index is 14.4. The number of ketones is 2. The van der Waals surface area contributed by atoms with Crippen LogP contribution in [-0.2, 0) is 16.1 Å². The van der Waals surface area contributed by atoms with E-state index in [0.717, 1.165) is 17.5 Å². The average molecular weight is 508 g/mol. The Morgan fingerprint density at radius 2 is 1.81 bits per heavy atom. The minimum absolute atomic E-state index is 0.0284. The predicted molar refractivity (Wildman–Crippen MR) is 139 cm³/mol. The number of carbonyl (C=O) groups excluding carboxylic acids is 3. The molecule has 1 aliphatic rings. The van der Waals surface area contributed by atoms with Crippen LogP contribution in [0.5, 0.6) is 0 Å². The summed E-state index contributed by atoms with van der Waals surface area (Å²) >= 11 is 0. The Labute approximate surface area is 216 Å². The minimum atomic E-state index is -1.23. The lowest BCUT2D eigenvalue weighted by Gasteiger charge is -2.24. The van der Waals surface area contributed by atoms with Crippen LogP contribution < -0.4 is 0 Å². The molecule has 8 nitrogen and oxygen atoms in total. The van der Waals surface area contributed by atoms with Gasteiger partial charge in [-0.25, -0.2) is 14.4 Å². The van der Waals surface area contributed by atoms with Crippen molar-refractivity contribution in [1.29, 1.82) is 0 Å². The molecule has 1 aromatic carbocycles. The number of likely N-dealkylation sites (tertiary alicyclic amines) is 1. The summed E-state index contributed by atoms with van der Waals surface area (Å²) in [6.45, 7) is 9.28. The second-order valence-electron chi connectivity index (χ2n) is 11.1. The third kappa shape index (κ3) is 6.09. The molecule has 1 saturated heterocycles. The number of carbonyl (C=O) groups is 3. The Morgan fingerprint density at radius 3 is 2.46 bits per heavy atom. The molecule has 3 aromatic rings. The average Bonchev–Trinajstić information content (AvgIpc) is 3.39. The number of fused-ring (bicyclic) bond motifs is 1. The van der Waals surface area contributed by atoms with Crippen LogP contribution in [0.15, 0.2) is 30.6 Å². The highest BCUT2D eigenvalue weighted by molar-refractivity contribution is 6.06. The Balaban J connectivity index is 1.56. The van der Waals surface area contributed by atoms with Gasteiger partial charge in [-0.3, -0.25) is 19.1 Å². The maximum atomic E-state index is 14.4. The predicted octanol–water partition coefficient (Wildman–Crippen LogP) is 4.73. The van der Waals surface area contributed by atoms with Gasteiger partial charge in [-0.15, -0.1) is 0 Å². The quantitative estimate of drug-likeness (QED) is 0.409. The number of rotatable bonds is 8. The molecule has 1 fully saturated rings. The fourth-order valence-electron chi connectivity index (χ4n) is 4.83. The van der Waals surface area contributed by atoms with E-state index in [1.165, 1.54) is 16.5 Å². The topological polar surface area (TPSA) is 98.1 Å². The fourth-order valence-corrected chi connectivity index (χ4v) is 4.83. The third-order valence-corrected chi connectivity index (χ3v) is 6.78. The molecule has 4 rings (SSSR count). The van der Waals surface area contributed by atoms with E-state index in [2.05, 4.69) is 35.8 Å². The molecule has 37 heavy (non-hydrogen) atoms. The lowest BCUT2D eigenvalue weighted by molar-refractivity contribution is -0.138. The smallest absolute Gasteiger partial charge is 0.245 e. The normalized spacial score (nSPS) is 17.9. The second-order valence-corrected chi connectivity index (χ2v) is 11.1. The van der Waals surface area contributed by atoms with Gasteiger partial charge in [0.2, 0.25) is 5.91 Å². The molecule has 9 heteroatoms. The van der Waals surface area contributed by atoms with Gasteiger partial charge >= 0.3 is 0 Å². The summed E-state index contributed by atoms with van der Waals surface area (Å²) in [5.41, 5.74) is 2.58. The highest BCUT2D eigenvalue weighted by Gasteiger charge is 2.39. The van der Waals surface area contributed by atoms with Crippen LogP contribution in [0.4, 0.5) is 4.39 Å². The van der Waals surface area contributed by atoms with E-state index >= 15 is 0 Å². The van der Waals surface area contributed by atoms with Crippen LogP contribution >= 0.6 is 0 Å². The van der Waals surface area contributed by atoms with Crippen molar-refractivity contribution in [2.75, 3.05) is 6.54 Å². The van der Waals surface area contributed by atoms with Gasteiger partial charge in [0.1, 0.15) is 24.2 Å². The number of alkyl halides is 1. The lowest BCUT2D eigenvalue weighted by atomic mass is 9.89. The fraction of sp³-hybridized carbons (Fsp3) is 0.500. The minimum Gasteiger partial charge on any atom is -0.328 e. The highest BCUT2D eigenvalue weighted by atomic mass is 19.1. The zero-order valence-electron chi connectivity index (χ0n) is 22.1. The van der Waals surface area contributed by atoms with E-state index < -0.39 is 12.2 Å². The van der Waals surface area contributed by atoms with Gasteiger partial charge in [-0.1, -0.05) is 26.8 Å². The Morgan fingerprint density at radius 1 is 1.11 bits per heavy atom. The summed E-state index contributed by atoms with van der Waals surface area (Å²) < 4.78 is 15.8. The summed E-state index contributed by atoms with van der Waals surface area (Å²) in [7, 11) is 0. The van der Waals surface area contributed by atoms with Gasteiger partial charge in [0.05, 0.1) is 18.1 Å². The van der Waals surface area contributed by atoms with Gasteiger partial charge < -0.3 is 4.90 Å². The zero-order chi connectivity index (χ0) is 26.9. The van der Waals surface area contributed by atoms with Crippen LogP contribution in [0.3, 0.4) is 0 Å². The maximum Gasteiger partial charge on any atom is 0.245 e. The molecule has 2 aromatic heterocycles. The Bertz CT molecular complexity index is 1330. The first-order chi connectivity index (χ1) is 17.4. The van der Waals surface area contributed by atoms with Crippen molar-refractivity contribution in [2.24, 2.45) is 5.41 Å². The lowest BCUT2D eigenvalue weighted by Crippen LogP contribution is -2.42. The number of aryl methyl sites for hydroxylation is 1. The van der Waals surface area contributed by atoms with Crippen molar-refractivity contribution in [3.63, 3.8) is 0 Å². The van der Waals surface area contributed by atoms with E-state index in [-0.39, 0.29) is 48.1 Å². The first kappa shape index (κ1) is 26.6. The van der Waals surface area contributed by atoms with Crippen LogP contribution in [-0.4, -0.2) is 60.9 Å². The first-order valence-electron chi connectivity index (χ1n) is 12.7. The number of amides is 1. The molecule has 2 atom stereocenters. The molecule has 0 radical (unpaired) electrons. The standard InChI is InChI=1S/C28H34FN5O3/c1-17(35)27-22-11-19(20-13-30-18(2)31-14-20)8-9-23(22)34(32-27)16-26(37)33-15-21(29)12-24(33)25(36)7-6-10-28(3,4)5/h8-9,11,13-14,21,24H,6-7,10,12,15-16H2,1-5H3/t21-,24+/m1/s1. The summed E-state index contributed by atoms with van der Waals surface area (Å²) in [6, 6.07) is 4.74. The number of hydrogen-bond donors (Lipinski definition) is 0. The van der Waals surface area contributed by atoms with Gasteiger partial charge in [-0.2, -0.15) is 5.10 Å². The summed E-state index contributed by atoms with van der Waals surface area (Å²) in [5, 5.41) is 5.03. The number of benzene rings is 1. The van der Waals surface area contributed by atoms with Crippen molar-refractivity contribution < 1.29 is 18.8 Å².